The Morgan fingerprint density at radius 2 is 1.82 bits per heavy atom. The zero-order chi connectivity index (χ0) is 16.1. The Kier molecular flexibility index (Phi) is 4.78. The first-order chi connectivity index (χ1) is 10.5. The molecule has 0 heterocycles. The predicted octanol–water partition coefficient (Wildman–Crippen LogP) is 1.96. The second-order valence-corrected chi connectivity index (χ2v) is 4.90. The van der Waals surface area contributed by atoms with E-state index in [0.29, 0.717) is 16.9 Å². The normalized spacial score (nSPS) is 11.5. The Labute approximate surface area is 129 Å². The first-order valence-electron chi connectivity index (χ1n) is 6.82. The highest BCUT2D eigenvalue weighted by atomic mass is 16.5. The van der Waals surface area contributed by atoms with Crippen LogP contribution in [0.25, 0.3) is 0 Å². The van der Waals surface area contributed by atoms with E-state index < -0.39 is 11.9 Å². The fraction of sp³-hybridized carbons (Fsp3) is 0.176. The van der Waals surface area contributed by atoms with E-state index in [1.807, 2.05) is 13.0 Å². The largest absolute Gasteiger partial charge is 0.496 e. The van der Waals surface area contributed by atoms with Crippen molar-refractivity contribution < 1.29 is 14.3 Å². The van der Waals surface area contributed by atoms with E-state index in [1.165, 1.54) is 0 Å². The highest BCUT2D eigenvalue weighted by molar-refractivity contribution is 5.98. The lowest BCUT2D eigenvalue weighted by Crippen LogP contribution is -2.37. The summed E-state index contributed by atoms with van der Waals surface area (Å²) in [7, 11) is 1.54. The molecule has 0 saturated carbocycles. The van der Waals surface area contributed by atoms with Gasteiger partial charge in [-0.1, -0.05) is 36.4 Å². The highest BCUT2D eigenvalue weighted by Gasteiger charge is 2.21. The first-order valence-corrected chi connectivity index (χ1v) is 6.82. The number of primary amides is 1. The van der Waals surface area contributed by atoms with E-state index in [2.05, 4.69) is 5.32 Å². The molecule has 3 N–H and O–H groups in total. The third-order valence-corrected chi connectivity index (χ3v) is 3.36. The van der Waals surface area contributed by atoms with Crippen molar-refractivity contribution >= 4 is 11.8 Å². The summed E-state index contributed by atoms with van der Waals surface area (Å²) in [6.45, 7) is 1.89. The Bertz CT molecular complexity index is 684. The van der Waals surface area contributed by atoms with Gasteiger partial charge in [0, 0.05) is 5.56 Å². The molecule has 0 aliphatic heterocycles. The van der Waals surface area contributed by atoms with Gasteiger partial charge in [-0.3, -0.25) is 9.59 Å². The molecule has 0 radical (unpaired) electrons. The van der Waals surface area contributed by atoms with E-state index >= 15 is 0 Å². The summed E-state index contributed by atoms with van der Waals surface area (Å²) in [5.41, 5.74) is 7.37. The molecule has 114 valence electrons. The number of hydrogen-bond acceptors (Lipinski definition) is 3. The van der Waals surface area contributed by atoms with Crippen LogP contribution in [0.5, 0.6) is 5.75 Å². The van der Waals surface area contributed by atoms with Crippen molar-refractivity contribution in [2.24, 2.45) is 5.73 Å². The molecule has 22 heavy (non-hydrogen) atoms. The number of methoxy groups -OCH3 is 1. The molecule has 5 heteroatoms. The standard InChI is InChI=1S/C17H18N2O3/c1-11-8-9-13(10-14(11)22-2)17(21)19-15(16(18)20)12-6-4-3-5-7-12/h3-10,15H,1-2H3,(H2,18,20)(H,19,21). The average Bonchev–Trinajstić information content (AvgIpc) is 2.53. The van der Waals surface area contributed by atoms with Crippen molar-refractivity contribution in [2.45, 2.75) is 13.0 Å². The number of nitrogens with two attached hydrogens (primary N) is 1. The van der Waals surface area contributed by atoms with Crippen LogP contribution >= 0.6 is 0 Å². The molecule has 1 atom stereocenters. The molecule has 0 fully saturated rings. The summed E-state index contributed by atoms with van der Waals surface area (Å²) in [5, 5.41) is 2.65. The maximum atomic E-state index is 12.3. The van der Waals surface area contributed by atoms with Gasteiger partial charge < -0.3 is 15.8 Å². The van der Waals surface area contributed by atoms with Gasteiger partial charge in [-0.05, 0) is 30.2 Å². The molecule has 0 bridgehead atoms. The van der Waals surface area contributed by atoms with Crippen LogP contribution < -0.4 is 15.8 Å². The van der Waals surface area contributed by atoms with Gasteiger partial charge in [0.2, 0.25) is 5.91 Å². The zero-order valence-corrected chi connectivity index (χ0v) is 12.5. The molecule has 0 aromatic heterocycles. The van der Waals surface area contributed by atoms with Gasteiger partial charge in [0.05, 0.1) is 7.11 Å². The van der Waals surface area contributed by atoms with Gasteiger partial charge in [0.25, 0.3) is 5.91 Å². The van der Waals surface area contributed by atoms with Crippen molar-refractivity contribution in [3.05, 3.63) is 65.2 Å². The third kappa shape index (κ3) is 3.44. The monoisotopic (exact) mass is 298 g/mol. The van der Waals surface area contributed by atoms with Crippen LogP contribution in [0.3, 0.4) is 0 Å². The molecule has 0 aliphatic carbocycles. The van der Waals surface area contributed by atoms with Crippen LogP contribution in [0.1, 0.15) is 27.5 Å². The Balaban J connectivity index is 2.24. The van der Waals surface area contributed by atoms with E-state index in [-0.39, 0.29) is 5.91 Å². The van der Waals surface area contributed by atoms with Crippen LogP contribution in [0.2, 0.25) is 0 Å². The number of aryl methyl sites for hydroxylation is 1. The number of hydrogen-bond donors (Lipinski definition) is 2. The van der Waals surface area contributed by atoms with E-state index in [4.69, 9.17) is 10.5 Å². The molecule has 0 spiro atoms. The van der Waals surface area contributed by atoms with Crippen LogP contribution in [-0.2, 0) is 4.79 Å². The molecule has 2 aromatic carbocycles. The van der Waals surface area contributed by atoms with Crippen LogP contribution in [0.4, 0.5) is 0 Å². The zero-order valence-electron chi connectivity index (χ0n) is 12.5. The number of carbonyl (C=O) groups is 2. The van der Waals surface area contributed by atoms with Gasteiger partial charge in [0.15, 0.2) is 0 Å². The molecule has 2 amide bonds. The Hall–Kier alpha value is -2.82. The van der Waals surface area contributed by atoms with Gasteiger partial charge in [-0.2, -0.15) is 0 Å². The quantitative estimate of drug-likeness (QED) is 0.885. The molecule has 0 saturated heterocycles. The van der Waals surface area contributed by atoms with E-state index in [0.717, 1.165) is 5.56 Å². The van der Waals surface area contributed by atoms with Gasteiger partial charge in [0.1, 0.15) is 11.8 Å². The van der Waals surface area contributed by atoms with Gasteiger partial charge >= 0.3 is 0 Å². The summed E-state index contributed by atoms with van der Waals surface area (Å²) >= 11 is 0. The van der Waals surface area contributed by atoms with Crippen LogP contribution in [-0.4, -0.2) is 18.9 Å². The number of amides is 2. The fourth-order valence-corrected chi connectivity index (χ4v) is 2.14. The number of nitrogens with one attached hydrogen (secondary N) is 1. The topological polar surface area (TPSA) is 81.4 Å². The first kappa shape index (κ1) is 15.6. The minimum atomic E-state index is -0.874. The second kappa shape index (κ2) is 6.76. The molecule has 2 rings (SSSR count). The van der Waals surface area contributed by atoms with Gasteiger partial charge in [-0.25, -0.2) is 0 Å². The van der Waals surface area contributed by atoms with Crippen molar-refractivity contribution in [1.82, 2.24) is 5.32 Å². The van der Waals surface area contributed by atoms with Crippen molar-refractivity contribution in [1.29, 1.82) is 0 Å². The molecule has 2 aromatic rings. The van der Waals surface area contributed by atoms with Crippen LogP contribution in [0.15, 0.2) is 48.5 Å². The Morgan fingerprint density at radius 3 is 2.41 bits per heavy atom. The Morgan fingerprint density at radius 1 is 1.14 bits per heavy atom. The molecular formula is C17H18N2O3. The van der Waals surface area contributed by atoms with Crippen LogP contribution in [0, 0.1) is 6.92 Å². The number of ether oxygens (including phenoxy) is 1. The predicted molar refractivity (Wildman–Crippen MR) is 83.6 cm³/mol. The van der Waals surface area contributed by atoms with Crippen molar-refractivity contribution in [3.8, 4) is 5.75 Å². The molecule has 1 unspecified atom stereocenters. The summed E-state index contributed by atoms with van der Waals surface area (Å²) in [4.78, 5) is 24.0. The van der Waals surface area contributed by atoms with Crippen molar-refractivity contribution in [2.75, 3.05) is 7.11 Å². The minimum Gasteiger partial charge on any atom is -0.496 e. The maximum absolute atomic E-state index is 12.3. The summed E-state index contributed by atoms with van der Waals surface area (Å²) < 4.78 is 5.20. The van der Waals surface area contributed by atoms with Crippen molar-refractivity contribution in [3.63, 3.8) is 0 Å². The summed E-state index contributed by atoms with van der Waals surface area (Å²) in [6, 6.07) is 13.1. The lowest BCUT2D eigenvalue weighted by Gasteiger charge is -2.16. The summed E-state index contributed by atoms with van der Waals surface area (Å²) in [6.07, 6.45) is 0. The van der Waals surface area contributed by atoms with Gasteiger partial charge in [-0.15, -0.1) is 0 Å². The molecule has 5 nitrogen and oxygen atoms in total. The average molecular weight is 298 g/mol. The summed E-state index contributed by atoms with van der Waals surface area (Å²) in [5.74, 6) is -0.382. The second-order valence-electron chi connectivity index (χ2n) is 4.90. The smallest absolute Gasteiger partial charge is 0.252 e. The maximum Gasteiger partial charge on any atom is 0.252 e. The third-order valence-electron chi connectivity index (χ3n) is 3.36. The number of rotatable bonds is 5. The number of carbonyl (C=O) groups excluding carboxylic acids is 2. The minimum absolute atomic E-state index is 0.383. The lowest BCUT2D eigenvalue weighted by molar-refractivity contribution is -0.120. The number of benzene rings is 2. The fourth-order valence-electron chi connectivity index (χ4n) is 2.14. The van der Waals surface area contributed by atoms with E-state index in [9.17, 15) is 9.59 Å². The molecule has 0 aliphatic rings. The lowest BCUT2D eigenvalue weighted by atomic mass is 10.1. The molecular weight excluding hydrogens is 280 g/mol. The highest BCUT2D eigenvalue weighted by Crippen LogP contribution is 2.20. The van der Waals surface area contributed by atoms with E-state index in [1.54, 1.807) is 49.6 Å². The SMILES string of the molecule is COc1cc(C(=O)NC(C(N)=O)c2ccccc2)ccc1C.